The zero-order valence-corrected chi connectivity index (χ0v) is 18.4. The van der Waals surface area contributed by atoms with E-state index >= 15 is 0 Å². The van der Waals surface area contributed by atoms with Gasteiger partial charge in [-0.2, -0.15) is 17.5 Å². The third kappa shape index (κ3) is 6.67. The van der Waals surface area contributed by atoms with Crippen molar-refractivity contribution in [2.24, 2.45) is 5.92 Å². The SMILES string of the molecule is CCC(C)NC(=O)CCNC(=O)C1CCN(S(=O)(=O)c2ccccc2C(F)(F)F)CC1. The lowest BCUT2D eigenvalue weighted by Gasteiger charge is -2.31. The molecule has 2 amide bonds. The van der Waals surface area contributed by atoms with Crippen LogP contribution in [0.25, 0.3) is 0 Å². The fraction of sp³-hybridized carbons (Fsp3) is 0.600. The van der Waals surface area contributed by atoms with Gasteiger partial charge in [0, 0.05) is 38.0 Å². The molecule has 1 heterocycles. The first-order chi connectivity index (χ1) is 14.5. The van der Waals surface area contributed by atoms with Crippen LogP contribution >= 0.6 is 0 Å². The normalized spacial score (nSPS) is 17.2. The van der Waals surface area contributed by atoms with Crippen LogP contribution in [0, 0.1) is 5.92 Å². The third-order valence-electron chi connectivity index (χ3n) is 5.31. The average molecular weight is 464 g/mol. The van der Waals surface area contributed by atoms with Crippen molar-refractivity contribution in [3.8, 4) is 0 Å². The number of nitrogens with zero attached hydrogens (tertiary/aromatic N) is 1. The summed E-state index contributed by atoms with van der Waals surface area (Å²) in [6, 6.07) is 4.13. The maximum absolute atomic E-state index is 13.2. The van der Waals surface area contributed by atoms with E-state index < -0.39 is 32.6 Å². The van der Waals surface area contributed by atoms with Gasteiger partial charge in [-0.25, -0.2) is 8.42 Å². The van der Waals surface area contributed by atoms with Crippen molar-refractivity contribution in [1.29, 1.82) is 0 Å². The monoisotopic (exact) mass is 463 g/mol. The Hall–Kier alpha value is -2.14. The molecule has 2 rings (SSSR count). The molecular formula is C20H28F3N3O4S. The van der Waals surface area contributed by atoms with Crippen LogP contribution in [0.1, 0.15) is 45.1 Å². The molecule has 1 aromatic rings. The van der Waals surface area contributed by atoms with Crippen LogP contribution in [-0.2, 0) is 25.8 Å². The Bertz CT molecular complexity index is 882. The van der Waals surface area contributed by atoms with E-state index in [1.54, 1.807) is 0 Å². The molecule has 1 aliphatic heterocycles. The molecule has 0 saturated carbocycles. The molecule has 0 aromatic heterocycles. The lowest BCUT2D eigenvalue weighted by molar-refractivity contribution is -0.140. The second kappa shape index (κ2) is 10.4. The second-order valence-electron chi connectivity index (χ2n) is 7.59. The van der Waals surface area contributed by atoms with Crippen LogP contribution in [0.5, 0.6) is 0 Å². The summed E-state index contributed by atoms with van der Waals surface area (Å²) in [5, 5.41) is 5.46. The van der Waals surface area contributed by atoms with Gasteiger partial charge in [0.1, 0.15) is 0 Å². The smallest absolute Gasteiger partial charge is 0.355 e. The Morgan fingerprint density at radius 1 is 1.19 bits per heavy atom. The molecular weight excluding hydrogens is 435 g/mol. The molecule has 0 bridgehead atoms. The Balaban J connectivity index is 1.91. The van der Waals surface area contributed by atoms with E-state index in [0.717, 1.165) is 28.9 Å². The highest BCUT2D eigenvalue weighted by molar-refractivity contribution is 7.89. The van der Waals surface area contributed by atoms with E-state index in [2.05, 4.69) is 10.6 Å². The molecule has 2 N–H and O–H groups in total. The Morgan fingerprint density at radius 3 is 2.39 bits per heavy atom. The molecule has 1 saturated heterocycles. The van der Waals surface area contributed by atoms with Crippen LogP contribution in [0.3, 0.4) is 0 Å². The highest BCUT2D eigenvalue weighted by Gasteiger charge is 2.40. The number of nitrogens with one attached hydrogen (secondary N) is 2. The van der Waals surface area contributed by atoms with Gasteiger partial charge in [0.05, 0.1) is 10.5 Å². The molecule has 1 aromatic carbocycles. The first-order valence-corrected chi connectivity index (χ1v) is 11.6. The van der Waals surface area contributed by atoms with Gasteiger partial charge in [0.15, 0.2) is 0 Å². The number of amides is 2. The summed E-state index contributed by atoms with van der Waals surface area (Å²) in [5.74, 6) is -0.912. The van der Waals surface area contributed by atoms with Crippen molar-refractivity contribution in [2.45, 2.75) is 56.6 Å². The van der Waals surface area contributed by atoms with Crippen molar-refractivity contribution >= 4 is 21.8 Å². The number of hydrogen-bond donors (Lipinski definition) is 2. The number of benzene rings is 1. The number of piperidine rings is 1. The standard InChI is InChI=1S/C20H28F3N3O4S/c1-3-14(2)25-18(27)8-11-24-19(28)15-9-12-26(13-10-15)31(29,30)17-7-5-4-6-16(17)20(21,22)23/h4-7,14-15H,3,8-13H2,1-2H3,(H,24,28)(H,25,27). The molecule has 11 heteroatoms. The molecule has 0 spiro atoms. The molecule has 1 fully saturated rings. The van der Waals surface area contributed by atoms with E-state index in [-0.39, 0.29) is 56.8 Å². The molecule has 31 heavy (non-hydrogen) atoms. The predicted molar refractivity (Wildman–Crippen MR) is 108 cm³/mol. The van der Waals surface area contributed by atoms with Gasteiger partial charge in [-0.1, -0.05) is 19.1 Å². The van der Waals surface area contributed by atoms with E-state index in [4.69, 9.17) is 0 Å². The number of carbonyl (C=O) groups is 2. The van der Waals surface area contributed by atoms with Crippen LogP contribution in [0.2, 0.25) is 0 Å². The van der Waals surface area contributed by atoms with Crippen molar-refractivity contribution in [3.05, 3.63) is 29.8 Å². The van der Waals surface area contributed by atoms with Gasteiger partial charge in [0.25, 0.3) is 0 Å². The zero-order valence-electron chi connectivity index (χ0n) is 17.5. The van der Waals surface area contributed by atoms with Gasteiger partial charge in [-0.05, 0) is 38.3 Å². The van der Waals surface area contributed by atoms with E-state index in [9.17, 15) is 31.2 Å². The first-order valence-electron chi connectivity index (χ1n) is 10.2. The molecule has 174 valence electrons. The van der Waals surface area contributed by atoms with E-state index in [1.165, 1.54) is 6.07 Å². The van der Waals surface area contributed by atoms with Gasteiger partial charge in [-0.15, -0.1) is 0 Å². The minimum Gasteiger partial charge on any atom is -0.355 e. The molecule has 1 aliphatic rings. The number of alkyl halides is 3. The summed E-state index contributed by atoms with van der Waals surface area (Å²) < 4.78 is 66.2. The van der Waals surface area contributed by atoms with Gasteiger partial charge < -0.3 is 10.6 Å². The summed E-state index contributed by atoms with van der Waals surface area (Å²) in [4.78, 5) is 23.3. The van der Waals surface area contributed by atoms with Gasteiger partial charge >= 0.3 is 6.18 Å². The quantitative estimate of drug-likeness (QED) is 0.619. The number of rotatable bonds is 8. The number of halogens is 3. The van der Waals surface area contributed by atoms with E-state index in [1.807, 2.05) is 13.8 Å². The highest BCUT2D eigenvalue weighted by Crippen LogP contribution is 2.36. The third-order valence-corrected chi connectivity index (χ3v) is 7.26. The fourth-order valence-corrected chi connectivity index (χ4v) is 5.00. The highest BCUT2D eigenvalue weighted by atomic mass is 32.2. The number of hydrogen-bond acceptors (Lipinski definition) is 4. The van der Waals surface area contributed by atoms with Gasteiger partial charge in [0.2, 0.25) is 21.8 Å². The van der Waals surface area contributed by atoms with Crippen LogP contribution in [-0.4, -0.2) is 50.2 Å². The lowest BCUT2D eigenvalue weighted by atomic mass is 9.97. The summed E-state index contributed by atoms with van der Waals surface area (Å²) in [6.45, 7) is 3.88. The maximum atomic E-state index is 13.2. The van der Waals surface area contributed by atoms with Crippen LogP contribution < -0.4 is 10.6 Å². The Labute approximate surface area is 180 Å². The molecule has 7 nitrogen and oxygen atoms in total. The van der Waals surface area contributed by atoms with Crippen molar-refractivity contribution < 1.29 is 31.2 Å². The van der Waals surface area contributed by atoms with Gasteiger partial charge in [-0.3, -0.25) is 9.59 Å². The Morgan fingerprint density at radius 2 is 1.81 bits per heavy atom. The molecule has 1 atom stereocenters. The average Bonchev–Trinajstić information content (AvgIpc) is 2.73. The molecule has 1 unspecified atom stereocenters. The fourth-order valence-electron chi connectivity index (χ4n) is 3.32. The maximum Gasteiger partial charge on any atom is 0.417 e. The largest absolute Gasteiger partial charge is 0.417 e. The predicted octanol–water partition coefficient (Wildman–Crippen LogP) is 2.53. The summed E-state index contributed by atoms with van der Waals surface area (Å²) >= 11 is 0. The van der Waals surface area contributed by atoms with Crippen molar-refractivity contribution in [2.75, 3.05) is 19.6 Å². The van der Waals surface area contributed by atoms with Crippen molar-refractivity contribution in [1.82, 2.24) is 14.9 Å². The van der Waals surface area contributed by atoms with Crippen molar-refractivity contribution in [3.63, 3.8) is 0 Å². The lowest BCUT2D eigenvalue weighted by Crippen LogP contribution is -2.44. The molecule has 0 aliphatic carbocycles. The first kappa shape index (κ1) is 25.1. The van der Waals surface area contributed by atoms with Crippen LogP contribution in [0.15, 0.2) is 29.2 Å². The number of sulfonamides is 1. The summed E-state index contributed by atoms with van der Waals surface area (Å²) in [6.07, 6.45) is -3.47. The number of carbonyl (C=O) groups excluding carboxylic acids is 2. The van der Waals surface area contributed by atoms with Crippen LogP contribution in [0.4, 0.5) is 13.2 Å². The summed E-state index contributed by atoms with van der Waals surface area (Å²) in [7, 11) is -4.34. The van der Waals surface area contributed by atoms with E-state index in [0.29, 0.717) is 0 Å². The second-order valence-corrected chi connectivity index (χ2v) is 9.50. The minimum absolute atomic E-state index is 0.0527. The molecule has 0 radical (unpaired) electrons. The zero-order chi connectivity index (χ0) is 23.2. The topological polar surface area (TPSA) is 95.6 Å². The summed E-state index contributed by atoms with van der Waals surface area (Å²) in [5.41, 5.74) is -1.20. The minimum atomic E-state index is -4.79. The Kier molecular flexibility index (Phi) is 8.47.